The number of hydrogen-bond donors (Lipinski definition) is 2. The Labute approximate surface area is 152 Å². The quantitative estimate of drug-likeness (QED) is 0.477. The molecule has 0 heterocycles. The van der Waals surface area contributed by atoms with Crippen LogP contribution in [-0.2, 0) is 6.42 Å². The summed E-state index contributed by atoms with van der Waals surface area (Å²) >= 11 is 0. The summed E-state index contributed by atoms with van der Waals surface area (Å²) in [6.45, 7) is 2.25. The fraction of sp³-hybridized carbons (Fsp3) is 0.619. The van der Waals surface area contributed by atoms with E-state index in [0.717, 1.165) is 24.8 Å². The van der Waals surface area contributed by atoms with Gasteiger partial charge in [0, 0.05) is 11.1 Å². The first kappa shape index (κ1) is 21.2. The van der Waals surface area contributed by atoms with Crippen molar-refractivity contribution in [2.45, 2.75) is 84.0 Å². The minimum Gasteiger partial charge on any atom is -0.366 e. The lowest BCUT2D eigenvalue weighted by Crippen LogP contribution is -2.16. The molecule has 0 aliphatic rings. The van der Waals surface area contributed by atoms with Crippen molar-refractivity contribution < 1.29 is 9.59 Å². The number of rotatable bonds is 14. The number of nitrogens with two attached hydrogens (primary N) is 2. The summed E-state index contributed by atoms with van der Waals surface area (Å²) in [6, 6.07) is 4.88. The van der Waals surface area contributed by atoms with E-state index in [-0.39, 0.29) is 0 Å². The van der Waals surface area contributed by atoms with Crippen LogP contribution in [0.1, 0.15) is 104 Å². The molecule has 25 heavy (non-hydrogen) atoms. The number of amides is 2. The third-order valence-electron chi connectivity index (χ3n) is 4.70. The molecule has 0 spiro atoms. The van der Waals surface area contributed by atoms with Gasteiger partial charge in [0.05, 0.1) is 0 Å². The van der Waals surface area contributed by atoms with Crippen molar-refractivity contribution in [3.63, 3.8) is 0 Å². The van der Waals surface area contributed by atoms with E-state index in [2.05, 4.69) is 6.92 Å². The molecule has 0 unspecified atom stereocenters. The van der Waals surface area contributed by atoms with Crippen molar-refractivity contribution in [1.29, 1.82) is 0 Å². The van der Waals surface area contributed by atoms with Crippen LogP contribution in [0.2, 0.25) is 0 Å². The van der Waals surface area contributed by atoms with Crippen molar-refractivity contribution in [3.8, 4) is 0 Å². The molecule has 0 bridgehead atoms. The Morgan fingerprint density at radius 1 is 0.760 bits per heavy atom. The molecule has 4 N–H and O–H groups in total. The molecule has 0 fully saturated rings. The fourth-order valence-corrected chi connectivity index (χ4v) is 3.17. The topological polar surface area (TPSA) is 86.2 Å². The molecular weight excluding hydrogens is 312 g/mol. The van der Waals surface area contributed by atoms with Gasteiger partial charge in [-0.3, -0.25) is 9.59 Å². The average molecular weight is 347 g/mol. The van der Waals surface area contributed by atoms with Gasteiger partial charge in [-0.2, -0.15) is 0 Å². The van der Waals surface area contributed by atoms with Gasteiger partial charge in [0.15, 0.2) is 0 Å². The van der Waals surface area contributed by atoms with Crippen LogP contribution >= 0.6 is 0 Å². The molecule has 0 radical (unpaired) electrons. The van der Waals surface area contributed by atoms with Crippen LogP contribution in [0.4, 0.5) is 0 Å². The molecule has 0 aliphatic carbocycles. The van der Waals surface area contributed by atoms with Crippen molar-refractivity contribution in [2.24, 2.45) is 11.5 Å². The molecule has 0 saturated carbocycles. The summed E-state index contributed by atoms with van der Waals surface area (Å²) in [7, 11) is 0. The van der Waals surface area contributed by atoms with Gasteiger partial charge in [-0.05, 0) is 36.6 Å². The van der Waals surface area contributed by atoms with Gasteiger partial charge >= 0.3 is 0 Å². The first-order chi connectivity index (χ1) is 12.1. The number of primary amides is 2. The average Bonchev–Trinajstić information content (AvgIpc) is 2.59. The molecule has 2 amide bonds. The van der Waals surface area contributed by atoms with Gasteiger partial charge in [0.1, 0.15) is 0 Å². The second kappa shape index (κ2) is 12.5. The zero-order chi connectivity index (χ0) is 18.5. The van der Waals surface area contributed by atoms with E-state index in [0.29, 0.717) is 11.1 Å². The van der Waals surface area contributed by atoms with Crippen LogP contribution in [0.25, 0.3) is 0 Å². The van der Waals surface area contributed by atoms with Gasteiger partial charge < -0.3 is 11.5 Å². The van der Waals surface area contributed by atoms with E-state index >= 15 is 0 Å². The highest BCUT2D eigenvalue weighted by atomic mass is 16.1. The molecule has 1 aromatic carbocycles. The highest BCUT2D eigenvalue weighted by Gasteiger charge is 2.11. The molecule has 4 nitrogen and oxygen atoms in total. The standard InChI is InChI=1S/C21H34N2O2/c1-2-3-4-5-6-7-8-9-10-11-12-13-17-16-18(20(22)24)14-15-19(17)21(23)25/h14-16H,2-13H2,1H3,(H2,22,24)(H2,23,25). The summed E-state index contributed by atoms with van der Waals surface area (Å²) in [5, 5.41) is 0. The van der Waals surface area contributed by atoms with Gasteiger partial charge in [-0.15, -0.1) is 0 Å². The van der Waals surface area contributed by atoms with Crippen LogP contribution in [-0.4, -0.2) is 11.8 Å². The van der Waals surface area contributed by atoms with Gasteiger partial charge in [0.2, 0.25) is 11.8 Å². The SMILES string of the molecule is CCCCCCCCCCCCCc1cc(C(N)=O)ccc1C(N)=O. The molecule has 1 rings (SSSR count). The zero-order valence-electron chi connectivity index (χ0n) is 15.7. The maximum Gasteiger partial charge on any atom is 0.248 e. The van der Waals surface area contributed by atoms with E-state index in [1.165, 1.54) is 57.8 Å². The van der Waals surface area contributed by atoms with Crippen LogP contribution in [0, 0.1) is 0 Å². The number of unbranched alkanes of at least 4 members (excludes halogenated alkanes) is 10. The molecule has 0 aromatic heterocycles. The Morgan fingerprint density at radius 3 is 1.76 bits per heavy atom. The van der Waals surface area contributed by atoms with Crippen LogP contribution in [0.3, 0.4) is 0 Å². The Morgan fingerprint density at radius 2 is 1.28 bits per heavy atom. The van der Waals surface area contributed by atoms with Gasteiger partial charge in [0.25, 0.3) is 0 Å². The van der Waals surface area contributed by atoms with Crippen LogP contribution < -0.4 is 11.5 Å². The highest BCUT2D eigenvalue weighted by Crippen LogP contribution is 2.17. The molecule has 1 aromatic rings. The molecule has 0 aliphatic heterocycles. The van der Waals surface area contributed by atoms with Crippen LogP contribution in [0.15, 0.2) is 18.2 Å². The van der Waals surface area contributed by atoms with E-state index in [1.54, 1.807) is 18.2 Å². The smallest absolute Gasteiger partial charge is 0.248 e. The van der Waals surface area contributed by atoms with Crippen molar-refractivity contribution >= 4 is 11.8 Å². The van der Waals surface area contributed by atoms with Gasteiger partial charge in [-0.1, -0.05) is 71.1 Å². The lowest BCUT2D eigenvalue weighted by molar-refractivity contribution is 0.0987. The lowest BCUT2D eigenvalue weighted by atomic mass is 9.97. The molecular formula is C21H34N2O2. The third kappa shape index (κ3) is 8.71. The van der Waals surface area contributed by atoms with E-state index in [4.69, 9.17) is 11.5 Å². The van der Waals surface area contributed by atoms with Crippen molar-refractivity contribution in [2.75, 3.05) is 0 Å². The third-order valence-corrected chi connectivity index (χ3v) is 4.70. The summed E-state index contributed by atoms with van der Waals surface area (Å²) in [5.74, 6) is -0.926. The van der Waals surface area contributed by atoms with E-state index < -0.39 is 11.8 Å². The van der Waals surface area contributed by atoms with Crippen molar-refractivity contribution in [1.82, 2.24) is 0 Å². The predicted molar refractivity (Wildman–Crippen MR) is 104 cm³/mol. The Balaban J connectivity index is 2.24. The minimum absolute atomic E-state index is 0.433. The summed E-state index contributed by atoms with van der Waals surface area (Å²) < 4.78 is 0. The zero-order valence-corrected chi connectivity index (χ0v) is 15.7. The summed E-state index contributed by atoms with van der Waals surface area (Å²) in [6.07, 6.45) is 14.8. The van der Waals surface area contributed by atoms with Gasteiger partial charge in [-0.25, -0.2) is 0 Å². The maximum atomic E-state index is 11.5. The summed E-state index contributed by atoms with van der Waals surface area (Å²) in [5.41, 5.74) is 12.5. The first-order valence-electron chi connectivity index (χ1n) is 9.78. The largest absolute Gasteiger partial charge is 0.366 e. The minimum atomic E-state index is -0.476. The highest BCUT2D eigenvalue weighted by molar-refractivity contribution is 5.97. The number of aryl methyl sites for hydroxylation is 1. The molecule has 0 atom stereocenters. The Kier molecular flexibility index (Phi) is 10.6. The second-order valence-electron chi connectivity index (χ2n) is 6.89. The molecule has 140 valence electrons. The monoisotopic (exact) mass is 346 g/mol. The normalized spacial score (nSPS) is 10.8. The van der Waals surface area contributed by atoms with Crippen LogP contribution in [0.5, 0.6) is 0 Å². The summed E-state index contributed by atoms with van der Waals surface area (Å²) in [4.78, 5) is 22.8. The van der Waals surface area contributed by atoms with Crippen molar-refractivity contribution in [3.05, 3.63) is 34.9 Å². The Bertz CT molecular complexity index is 541. The first-order valence-corrected chi connectivity index (χ1v) is 9.78. The number of benzene rings is 1. The number of hydrogen-bond acceptors (Lipinski definition) is 2. The molecule has 0 saturated heterocycles. The Hall–Kier alpha value is -1.84. The molecule has 4 heteroatoms. The number of carbonyl (C=O) groups is 2. The fourth-order valence-electron chi connectivity index (χ4n) is 3.17. The second-order valence-corrected chi connectivity index (χ2v) is 6.89. The number of carbonyl (C=O) groups excluding carboxylic acids is 2. The lowest BCUT2D eigenvalue weighted by Gasteiger charge is -2.08. The van der Waals surface area contributed by atoms with E-state index in [1.807, 2.05) is 0 Å². The predicted octanol–water partition coefficient (Wildman–Crippen LogP) is 4.74. The maximum absolute atomic E-state index is 11.5. The van der Waals surface area contributed by atoms with E-state index in [9.17, 15) is 9.59 Å².